The first kappa shape index (κ1) is 27.5. The molecule has 6 heteroatoms. The molecule has 2 amide bonds. The van der Waals surface area contributed by atoms with Crippen molar-refractivity contribution in [1.82, 2.24) is 0 Å². The largest absolute Gasteiger partial charge is 0.484 e. The molecule has 0 fully saturated rings. The molecule has 4 aromatic carbocycles. The summed E-state index contributed by atoms with van der Waals surface area (Å²) in [5.41, 5.74) is 8.04. The van der Waals surface area contributed by atoms with Crippen LogP contribution < -0.4 is 20.1 Å². The van der Waals surface area contributed by atoms with Crippen molar-refractivity contribution >= 4 is 23.2 Å². The van der Waals surface area contributed by atoms with Crippen LogP contribution in [0, 0.1) is 27.7 Å². The van der Waals surface area contributed by atoms with Crippen molar-refractivity contribution in [3.05, 3.63) is 118 Å². The summed E-state index contributed by atoms with van der Waals surface area (Å²) in [6.45, 7) is 7.89. The smallest absolute Gasteiger partial charge is 0.262 e. The van der Waals surface area contributed by atoms with Crippen molar-refractivity contribution in [2.24, 2.45) is 0 Å². The van der Waals surface area contributed by atoms with Gasteiger partial charge in [-0.15, -0.1) is 0 Å². The fourth-order valence-corrected chi connectivity index (χ4v) is 4.37. The SMILES string of the molecule is Cc1cc(C)cc(OCC(=O)Nc2ccc(Cc3ccc(NC(=O)COc4cc(C)cc(C)c4)cc3)cc2)c1. The maximum absolute atomic E-state index is 12.3. The Labute approximate surface area is 230 Å². The lowest BCUT2D eigenvalue weighted by molar-refractivity contribution is -0.118. The number of hydrogen-bond donors (Lipinski definition) is 2. The van der Waals surface area contributed by atoms with Gasteiger partial charge in [0.2, 0.25) is 0 Å². The van der Waals surface area contributed by atoms with Gasteiger partial charge in [0, 0.05) is 11.4 Å². The summed E-state index contributed by atoms with van der Waals surface area (Å²) in [7, 11) is 0. The Morgan fingerprint density at radius 3 is 1.21 bits per heavy atom. The van der Waals surface area contributed by atoms with Gasteiger partial charge in [-0.3, -0.25) is 9.59 Å². The van der Waals surface area contributed by atoms with Crippen LogP contribution in [-0.4, -0.2) is 25.0 Å². The molecule has 0 radical (unpaired) electrons. The lowest BCUT2D eigenvalue weighted by Crippen LogP contribution is -2.20. The summed E-state index contributed by atoms with van der Waals surface area (Å²) in [6.07, 6.45) is 0.730. The molecule has 4 aromatic rings. The van der Waals surface area contributed by atoms with Gasteiger partial charge in [-0.05, 0) is 116 Å². The fraction of sp³-hybridized carbons (Fsp3) is 0.212. The summed E-state index contributed by atoms with van der Waals surface area (Å²) >= 11 is 0. The van der Waals surface area contributed by atoms with Crippen molar-refractivity contribution in [3.63, 3.8) is 0 Å². The summed E-state index contributed by atoms with van der Waals surface area (Å²) in [5.74, 6) is 0.960. The second kappa shape index (κ2) is 12.8. The summed E-state index contributed by atoms with van der Waals surface area (Å²) in [4.78, 5) is 24.6. The highest BCUT2D eigenvalue weighted by atomic mass is 16.5. The quantitative estimate of drug-likeness (QED) is 0.248. The van der Waals surface area contributed by atoms with Gasteiger partial charge in [-0.1, -0.05) is 36.4 Å². The molecule has 0 saturated carbocycles. The van der Waals surface area contributed by atoms with Crippen molar-refractivity contribution in [2.45, 2.75) is 34.1 Å². The number of anilines is 2. The van der Waals surface area contributed by atoms with Gasteiger partial charge in [0.15, 0.2) is 13.2 Å². The predicted octanol–water partition coefficient (Wildman–Crippen LogP) is 6.55. The molecule has 0 aromatic heterocycles. The number of carbonyl (C=O) groups is 2. The molecule has 6 nitrogen and oxygen atoms in total. The maximum Gasteiger partial charge on any atom is 0.262 e. The van der Waals surface area contributed by atoms with Crippen LogP contribution in [0.15, 0.2) is 84.9 Å². The number of carbonyl (C=O) groups excluding carboxylic acids is 2. The molecule has 0 aliphatic carbocycles. The highest BCUT2D eigenvalue weighted by molar-refractivity contribution is 5.92. The number of rotatable bonds is 10. The van der Waals surface area contributed by atoms with E-state index in [1.54, 1.807) is 0 Å². The van der Waals surface area contributed by atoms with E-state index in [4.69, 9.17) is 9.47 Å². The molecular weight excluding hydrogens is 488 g/mol. The highest BCUT2D eigenvalue weighted by Crippen LogP contribution is 2.19. The minimum atomic E-state index is -0.209. The third kappa shape index (κ3) is 8.75. The molecule has 0 aliphatic heterocycles. The fourth-order valence-electron chi connectivity index (χ4n) is 4.37. The Morgan fingerprint density at radius 2 is 0.872 bits per heavy atom. The van der Waals surface area contributed by atoms with E-state index in [1.807, 2.05) is 100 Å². The van der Waals surface area contributed by atoms with E-state index in [2.05, 4.69) is 22.8 Å². The maximum atomic E-state index is 12.3. The molecule has 0 unspecified atom stereocenters. The Balaban J connectivity index is 1.22. The minimum Gasteiger partial charge on any atom is -0.484 e. The Morgan fingerprint density at radius 1 is 0.538 bits per heavy atom. The Bertz CT molecular complexity index is 1290. The summed E-state index contributed by atoms with van der Waals surface area (Å²) < 4.78 is 11.3. The van der Waals surface area contributed by atoms with Crippen molar-refractivity contribution in [3.8, 4) is 11.5 Å². The van der Waals surface area contributed by atoms with E-state index in [9.17, 15) is 9.59 Å². The first-order valence-electron chi connectivity index (χ1n) is 12.9. The van der Waals surface area contributed by atoms with E-state index in [0.717, 1.165) is 39.8 Å². The third-order valence-electron chi connectivity index (χ3n) is 6.01. The molecule has 200 valence electrons. The van der Waals surface area contributed by atoms with Crippen molar-refractivity contribution < 1.29 is 19.1 Å². The molecule has 4 rings (SSSR count). The standard InChI is InChI=1S/C33H34N2O4/c1-22-13-23(2)16-30(15-22)38-20-32(36)34-28-9-5-26(6-10-28)19-27-7-11-29(12-8-27)35-33(37)21-39-31-17-24(3)14-25(4)18-31/h5-18H,19-21H2,1-4H3,(H,34,36)(H,35,37). The van der Waals surface area contributed by atoms with E-state index in [-0.39, 0.29) is 25.0 Å². The molecule has 39 heavy (non-hydrogen) atoms. The molecule has 0 spiro atoms. The van der Waals surface area contributed by atoms with Crippen LogP contribution in [0.5, 0.6) is 11.5 Å². The Kier molecular flexibility index (Phi) is 9.00. The van der Waals surface area contributed by atoms with Gasteiger partial charge in [0.25, 0.3) is 11.8 Å². The molecule has 0 atom stereocenters. The molecule has 0 bridgehead atoms. The lowest BCUT2D eigenvalue weighted by Gasteiger charge is -2.10. The van der Waals surface area contributed by atoms with Crippen molar-refractivity contribution in [1.29, 1.82) is 0 Å². The van der Waals surface area contributed by atoms with Crippen LogP contribution in [0.2, 0.25) is 0 Å². The lowest BCUT2D eigenvalue weighted by atomic mass is 10.0. The normalized spacial score (nSPS) is 10.6. The average molecular weight is 523 g/mol. The van der Waals surface area contributed by atoms with E-state index < -0.39 is 0 Å². The molecular formula is C33H34N2O4. The average Bonchev–Trinajstić information content (AvgIpc) is 2.88. The molecule has 0 aliphatic rings. The van der Waals surface area contributed by atoms with Gasteiger partial charge in [0.1, 0.15) is 11.5 Å². The van der Waals surface area contributed by atoms with Crippen LogP contribution in [-0.2, 0) is 16.0 Å². The zero-order chi connectivity index (χ0) is 27.8. The minimum absolute atomic E-state index is 0.0503. The zero-order valence-corrected chi connectivity index (χ0v) is 22.8. The molecule has 0 heterocycles. The zero-order valence-electron chi connectivity index (χ0n) is 22.8. The van der Waals surface area contributed by atoms with Gasteiger partial charge >= 0.3 is 0 Å². The number of ether oxygens (including phenoxy) is 2. The van der Waals surface area contributed by atoms with Gasteiger partial charge in [0.05, 0.1) is 0 Å². The number of amides is 2. The summed E-state index contributed by atoms with van der Waals surface area (Å²) in [6, 6.07) is 27.3. The van der Waals surface area contributed by atoms with E-state index in [1.165, 1.54) is 0 Å². The third-order valence-corrected chi connectivity index (χ3v) is 6.01. The first-order chi connectivity index (χ1) is 18.7. The highest BCUT2D eigenvalue weighted by Gasteiger charge is 2.07. The van der Waals surface area contributed by atoms with Crippen LogP contribution in [0.1, 0.15) is 33.4 Å². The summed E-state index contributed by atoms with van der Waals surface area (Å²) in [5, 5.41) is 5.74. The second-order valence-corrected chi connectivity index (χ2v) is 9.89. The first-order valence-corrected chi connectivity index (χ1v) is 12.9. The predicted molar refractivity (Wildman–Crippen MR) is 156 cm³/mol. The van der Waals surface area contributed by atoms with Gasteiger partial charge in [-0.25, -0.2) is 0 Å². The van der Waals surface area contributed by atoms with Crippen molar-refractivity contribution in [2.75, 3.05) is 23.8 Å². The number of benzene rings is 4. The van der Waals surface area contributed by atoms with Crippen LogP contribution in [0.3, 0.4) is 0 Å². The van der Waals surface area contributed by atoms with Crippen LogP contribution in [0.25, 0.3) is 0 Å². The molecule has 2 N–H and O–H groups in total. The van der Waals surface area contributed by atoms with E-state index >= 15 is 0 Å². The second-order valence-electron chi connectivity index (χ2n) is 9.89. The topological polar surface area (TPSA) is 76.7 Å². The monoisotopic (exact) mass is 522 g/mol. The Hall–Kier alpha value is -4.58. The van der Waals surface area contributed by atoms with Gasteiger partial charge < -0.3 is 20.1 Å². The molecule has 0 saturated heterocycles. The van der Waals surface area contributed by atoms with Crippen LogP contribution in [0.4, 0.5) is 11.4 Å². The van der Waals surface area contributed by atoms with E-state index in [0.29, 0.717) is 22.9 Å². The van der Waals surface area contributed by atoms with Gasteiger partial charge in [-0.2, -0.15) is 0 Å². The number of hydrogen-bond acceptors (Lipinski definition) is 4. The number of aryl methyl sites for hydroxylation is 4. The van der Waals surface area contributed by atoms with Crippen LogP contribution >= 0.6 is 0 Å². The number of nitrogens with one attached hydrogen (secondary N) is 2.